The van der Waals surface area contributed by atoms with Crippen LogP contribution in [-0.2, 0) is 14.3 Å². The van der Waals surface area contributed by atoms with Crippen LogP contribution < -0.4 is 0 Å². The molecule has 4 saturated carbocycles. The number of hydrogen-bond donors (Lipinski definition) is 1. The highest BCUT2D eigenvalue weighted by atomic mass is 16.7. The Hall–Kier alpha value is -0.450. The molecule has 1 N–H and O–H groups in total. The van der Waals surface area contributed by atoms with Gasteiger partial charge in [0.15, 0.2) is 5.79 Å². The summed E-state index contributed by atoms with van der Waals surface area (Å²) in [5, 5.41) is 12.1. The van der Waals surface area contributed by atoms with Crippen LogP contribution in [0.1, 0.15) is 99.3 Å². The van der Waals surface area contributed by atoms with E-state index in [0.29, 0.717) is 34.9 Å². The predicted molar refractivity (Wildman–Crippen MR) is 123 cm³/mol. The normalized spacial score (nSPS) is 60.7. The van der Waals surface area contributed by atoms with Crippen LogP contribution in [-0.4, -0.2) is 34.0 Å². The fourth-order valence-electron chi connectivity index (χ4n) is 10.4. The minimum Gasteiger partial charge on any atom is -0.384 e. The van der Waals surface area contributed by atoms with E-state index >= 15 is 0 Å². The minimum absolute atomic E-state index is 0.0957. The molecule has 0 aromatic carbocycles. The summed E-state index contributed by atoms with van der Waals surface area (Å²) in [6.07, 6.45) is 9.52. The number of ether oxygens (including phenoxy) is 2. The van der Waals surface area contributed by atoms with Crippen LogP contribution >= 0.6 is 0 Å². The molecule has 6 fully saturated rings. The second kappa shape index (κ2) is 6.40. The minimum atomic E-state index is -0.964. The molecule has 0 aromatic rings. The molecule has 4 nitrogen and oxygen atoms in total. The molecule has 0 amide bonds. The van der Waals surface area contributed by atoms with Crippen molar-refractivity contribution in [3.63, 3.8) is 0 Å². The van der Waals surface area contributed by atoms with Crippen LogP contribution in [0.5, 0.6) is 0 Å². The van der Waals surface area contributed by atoms with Crippen molar-refractivity contribution < 1.29 is 19.4 Å². The topological polar surface area (TPSA) is 55.8 Å². The van der Waals surface area contributed by atoms with Gasteiger partial charge in [0.05, 0.1) is 11.7 Å². The molecule has 4 heteroatoms. The zero-order chi connectivity index (χ0) is 22.9. The van der Waals surface area contributed by atoms with E-state index in [1.807, 2.05) is 6.92 Å². The predicted octanol–water partition coefficient (Wildman–Crippen LogP) is 5.51. The number of aliphatic hydroxyl groups is 1. The smallest absolute Gasteiger partial charge is 0.198 e. The van der Waals surface area contributed by atoms with Crippen LogP contribution in [0.3, 0.4) is 0 Å². The van der Waals surface area contributed by atoms with Crippen molar-refractivity contribution in [1.82, 2.24) is 0 Å². The van der Waals surface area contributed by atoms with Crippen LogP contribution in [0.25, 0.3) is 0 Å². The van der Waals surface area contributed by atoms with Crippen LogP contribution in [0.4, 0.5) is 0 Å². The van der Waals surface area contributed by atoms with Gasteiger partial charge < -0.3 is 14.6 Å². The summed E-state index contributed by atoms with van der Waals surface area (Å²) in [5.41, 5.74) is -0.805. The summed E-state index contributed by atoms with van der Waals surface area (Å²) in [6, 6.07) is 0. The molecule has 1 spiro atoms. The Balaban J connectivity index is 1.31. The molecule has 0 radical (unpaired) electrons. The van der Waals surface area contributed by atoms with E-state index in [9.17, 15) is 9.90 Å². The van der Waals surface area contributed by atoms with Crippen molar-refractivity contribution in [3.05, 3.63) is 0 Å². The number of carbonyl (C=O) groups excluding carboxylic acids is 1. The van der Waals surface area contributed by atoms with Crippen LogP contribution in [0.15, 0.2) is 0 Å². The average molecular weight is 445 g/mol. The molecule has 11 atom stereocenters. The number of Topliss-reactive ketones (excluding diaryl/α,β-unsaturated/α-hetero) is 1. The Kier molecular flexibility index (Phi) is 4.41. The summed E-state index contributed by atoms with van der Waals surface area (Å²) in [5.74, 6) is 2.78. The molecule has 6 rings (SSSR count). The van der Waals surface area contributed by atoms with E-state index in [1.165, 1.54) is 25.7 Å². The van der Waals surface area contributed by atoms with Crippen molar-refractivity contribution in [1.29, 1.82) is 0 Å². The standard InChI is InChI=1S/C28H44O4/c1-16-15-28(32-24(16,2)3)27(6,30)23-22(31-28)14-21-19-8-7-17-13-18(29)9-11-25(17,4)20(19)10-12-26(21,23)5/h16-17,19-23,30H,7-15H2,1-6H3/t16-,17?,19+,20-,21-,22-,23-,25-,26-,27+,28+/m0/s1. The first-order valence-corrected chi connectivity index (χ1v) is 13.5. The highest BCUT2D eigenvalue weighted by Crippen LogP contribution is 2.72. The molecular formula is C28H44O4. The van der Waals surface area contributed by atoms with Gasteiger partial charge >= 0.3 is 0 Å². The van der Waals surface area contributed by atoms with E-state index in [-0.39, 0.29) is 23.0 Å². The number of carbonyl (C=O) groups is 1. The van der Waals surface area contributed by atoms with E-state index in [4.69, 9.17) is 9.47 Å². The number of ketones is 1. The van der Waals surface area contributed by atoms with E-state index in [0.717, 1.165) is 38.0 Å². The van der Waals surface area contributed by atoms with Gasteiger partial charge in [-0.25, -0.2) is 0 Å². The van der Waals surface area contributed by atoms with Crippen molar-refractivity contribution >= 4 is 5.78 Å². The van der Waals surface area contributed by atoms with E-state index < -0.39 is 11.4 Å². The Morgan fingerprint density at radius 1 is 0.969 bits per heavy atom. The van der Waals surface area contributed by atoms with Crippen molar-refractivity contribution in [2.75, 3.05) is 0 Å². The third kappa shape index (κ3) is 2.53. The zero-order valence-electron chi connectivity index (χ0n) is 21.1. The number of rotatable bonds is 0. The molecule has 6 aliphatic rings. The summed E-state index contributed by atoms with van der Waals surface area (Å²) in [4.78, 5) is 12.2. The van der Waals surface area contributed by atoms with Gasteiger partial charge in [0.25, 0.3) is 0 Å². The maximum absolute atomic E-state index is 12.2. The first-order valence-electron chi connectivity index (χ1n) is 13.5. The fourth-order valence-corrected chi connectivity index (χ4v) is 10.4. The summed E-state index contributed by atoms with van der Waals surface area (Å²) < 4.78 is 13.4. The molecule has 2 aliphatic heterocycles. The first-order chi connectivity index (χ1) is 14.8. The molecule has 4 aliphatic carbocycles. The Morgan fingerprint density at radius 2 is 1.72 bits per heavy atom. The highest BCUT2D eigenvalue weighted by Gasteiger charge is 2.76. The number of fused-ring (bicyclic) bond motifs is 7. The lowest BCUT2D eigenvalue weighted by molar-refractivity contribution is -0.299. The van der Waals surface area contributed by atoms with Gasteiger partial charge in [0.2, 0.25) is 0 Å². The molecule has 180 valence electrons. The second-order valence-electron chi connectivity index (χ2n) is 14.0. The third-order valence-corrected chi connectivity index (χ3v) is 12.4. The lowest BCUT2D eigenvalue weighted by atomic mass is 9.44. The van der Waals surface area contributed by atoms with Gasteiger partial charge in [-0.05, 0) is 99.7 Å². The lowest BCUT2D eigenvalue weighted by Crippen LogP contribution is -2.59. The molecule has 2 heterocycles. The van der Waals surface area contributed by atoms with Gasteiger partial charge in [-0.2, -0.15) is 0 Å². The maximum atomic E-state index is 12.2. The molecule has 2 saturated heterocycles. The SMILES string of the molecule is C[C@H]1C[C@@]2(O[C@H]3C[C@H]4[C@@H]5CCC6CC(=O)CC[C@]6(C)[C@H]5CC[C@]4(C)[C@H]3[C@@]2(C)O)OC1(C)C. The van der Waals surface area contributed by atoms with Gasteiger partial charge in [-0.3, -0.25) is 4.79 Å². The van der Waals surface area contributed by atoms with Crippen LogP contribution in [0.2, 0.25) is 0 Å². The average Bonchev–Trinajstić information content (AvgIpc) is 3.20. The quantitative estimate of drug-likeness (QED) is 0.536. The molecular weight excluding hydrogens is 400 g/mol. The second-order valence-corrected chi connectivity index (χ2v) is 14.0. The summed E-state index contributed by atoms with van der Waals surface area (Å²) >= 11 is 0. The Bertz CT molecular complexity index is 833. The number of hydrogen-bond acceptors (Lipinski definition) is 4. The molecule has 0 bridgehead atoms. The van der Waals surface area contributed by atoms with Gasteiger partial charge in [0, 0.05) is 25.2 Å². The molecule has 0 aromatic heterocycles. The third-order valence-electron chi connectivity index (χ3n) is 12.4. The lowest BCUT2D eigenvalue weighted by Gasteiger charge is -2.61. The molecule has 1 unspecified atom stereocenters. The summed E-state index contributed by atoms with van der Waals surface area (Å²) in [7, 11) is 0. The maximum Gasteiger partial charge on any atom is 0.198 e. The highest BCUT2D eigenvalue weighted by molar-refractivity contribution is 5.79. The van der Waals surface area contributed by atoms with Gasteiger partial charge in [-0.1, -0.05) is 20.8 Å². The first kappa shape index (κ1) is 22.0. The van der Waals surface area contributed by atoms with Crippen molar-refractivity contribution in [2.24, 2.45) is 46.3 Å². The van der Waals surface area contributed by atoms with E-state index in [2.05, 4.69) is 34.6 Å². The van der Waals surface area contributed by atoms with Gasteiger partial charge in [0.1, 0.15) is 11.4 Å². The van der Waals surface area contributed by atoms with Crippen molar-refractivity contribution in [3.8, 4) is 0 Å². The summed E-state index contributed by atoms with van der Waals surface area (Å²) in [6.45, 7) is 13.5. The largest absolute Gasteiger partial charge is 0.384 e. The molecule has 32 heavy (non-hydrogen) atoms. The fraction of sp³-hybridized carbons (Fsp3) is 0.964. The van der Waals surface area contributed by atoms with Gasteiger partial charge in [-0.15, -0.1) is 0 Å². The monoisotopic (exact) mass is 444 g/mol. The Labute approximate surface area is 194 Å². The Morgan fingerprint density at radius 3 is 2.41 bits per heavy atom. The zero-order valence-corrected chi connectivity index (χ0v) is 21.1. The van der Waals surface area contributed by atoms with Crippen molar-refractivity contribution in [2.45, 2.75) is 122 Å². The van der Waals surface area contributed by atoms with Crippen LogP contribution in [0, 0.1) is 46.3 Å². The van der Waals surface area contributed by atoms with E-state index in [1.54, 1.807) is 0 Å².